The average Bonchev–Trinajstić information content (AvgIpc) is 3.47. The topological polar surface area (TPSA) is 85.9 Å². The van der Waals surface area contributed by atoms with E-state index >= 15 is 0 Å². The van der Waals surface area contributed by atoms with Gasteiger partial charge in [0.05, 0.1) is 33.6 Å². The number of hydrogen-bond donors (Lipinski definition) is 0. The van der Waals surface area contributed by atoms with Gasteiger partial charge in [-0.15, -0.1) is 0 Å². The Bertz CT molecular complexity index is 1450. The first-order valence-corrected chi connectivity index (χ1v) is 13.6. The summed E-state index contributed by atoms with van der Waals surface area (Å²) in [5.41, 5.74) is 5.58. The fourth-order valence-corrected chi connectivity index (χ4v) is 6.33. The van der Waals surface area contributed by atoms with Crippen LogP contribution in [0, 0.1) is 13.8 Å². The van der Waals surface area contributed by atoms with Gasteiger partial charge in [-0.2, -0.15) is 0 Å². The lowest BCUT2D eigenvalue weighted by Gasteiger charge is -2.39. The van der Waals surface area contributed by atoms with Crippen molar-refractivity contribution in [1.29, 1.82) is 0 Å². The number of cyclic esters (lactones) is 1. The number of hydrogen-bond acceptors (Lipinski definition) is 7. The maximum Gasteiger partial charge on any atom is 0.414 e. The van der Waals surface area contributed by atoms with Crippen molar-refractivity contribution in [2.24, 2.45) is 0 Å². The van der Waals surface area contributed by atoms with Gasteiger partial charge in [-0.05, 0) is 64.3 Å². The molecule has 3 aromatic rings. The molecule has 38 heavy (non-hydrogen) atoms. The smallest absolute Gasteiger partial charge is 0.414 e. The highest BCUT2D eigenvalue weighted by molar-refractivity contribution is 5.84. The molecule has 0 N–H and O–H groups in total. The number of aromatic nitrogens is 3. The summed E-state index contributed by atoms with van der Waals surface area (Å²) in [7, 11) is -0.328. The van der Waals surface area contributed by atoms with Crippen LogP contribution in [0.2, 0.25) is 0 Å². The number of nitrogens with zero attached hydrogens (tertiary/aromatic N) is 5. The minimum Gasteiger partial charge on any atom is -0.449 e. The molecule has 1 amide bonds. The predicted octanol–water partition coefficient (Wildman–Crippen LogP) is 5.54. The summed E-state index contributed by atoms with van der Waals surface area (Å²) < 4.78 is 41.2. The van der Waals surface area contributed by atoms with Crippen molar-refractivity contribution in [3.05, 3.63) is 47.3 Å². The van der Waals surface area contributed by atoms with Crippen molar-refractivity contribution in [3.8, 4) is 11.1 Å². The molecule has 1 aliphatic carbocycles. The van der Waals surface area contributed by atoms with Gasteiger partial charge in [-0.25, -0.2) is 9.78 Å². The van der Waals surface area contributed by atoms with Gasteiger partial charge in [0, 0.05) is 50.3 Å². The van der Waals surface area contributed by atoms with Crippen molar-refractivity contribution in [2.75, 3.05) is 33.8 Å². The normalized spacial score (nSPS) is 26.6. The van der Waals surface area contributed by atoms with E-state index in [1.807, 2.05) is 18.7 Å². The van der Waals surface area contributed by atoms with Gasteiger partial charge >= 0.3 is 6.09 Å². The van der Waals surface area contributed by atoms with Gasteiger partial charge in [-0.1, -0.05) is 17.3 Å². The molecule has 1 atom stereocenters. The van der Waals surface area contributed by atoms with Crippen molar-refractivity contribution >= 4 is 17.1 Å². The maximum atomic E-state index is 13.2. The molecule has 202 valence electrons. The lowest BCUT2D eigenvalue weighted by atomic mass is 9.92. The highest BCUT2D eigenvalue weighted by Gasteiger charge is 2.38. The molecule has 2 fully saturated rings. The monoisotopic (exact) mass is 522 g/mol. The molecule has 1 saturated heterocycles. The number of amides is 1. The van der Waals surface area contributed by atoms with Gasteiger partial charge < -0.3 is 23.5 Å². The molecular weight excluding hydrogens is 482 g/mol. The summed E-state index contributed by atoms with van der Waals surface area (Å²) in [6.45, 7) is 5.81. The van der Waals surface area contributed by atoms with Crippen LogP contribution in [0.4, 0.5) is 4.79 Å². The SMILES string of the molecule is [2H]C([2H])([2H])OC1CCC(n2c([C@@H]3CCOC(=O)N3C3=CCN(C)CC3)nc3cc(-c4c(C)noc4C)ccc32)CC1. The zero-order valence-electron chi connectivity index (χ0n) is 25.3. The second-order valence-electron chi connectivity index (χ2n) is 10.8. The predicted molar refractivity (Wildman–Crippen MR) is 144 cm³/mol. The number of ether oxygens (including phenoxy) is 2. The van der Waals surface area contributed by atoms with Gasteiger partial charge in [0.25, 0.3) is 0 Å². The van der Waals surface area contributed by atoms with Crippen LogP contribution in [0.25, 0.3) is 22.2 Å². The minimum atomic E-state index is -2.40. The summed E-state index contributed by atoms with van der Waals surface area (Å²) in [5, 5.41) is 4.13. The van der Waals surface area contributed by atoms with Crippen molar-refractivity contribution in [2.45, 2.75) is 70.6 Å². The van der Waals surface area contributed by atoms with Crippen molar-refractivity contribution < 1.29 is 22.9 Å². The third-order valence-electron chi connectivity index (χ3n) is 8.34. The lowest BCUT2D eigenvalue weighted by Crippen LogP contribution is -2.43. The molecule has 0 spiro atoms. The minimum absolute atomic E-state index is 0.0997. The molecule has 2 aromatic heterocycles. The van der Waals surface area contributed by atoms with Crippen LogP contribution in [0.5, 0.6) is 0 Å². The van der Waals surface area contributed by atoms with Crippen LogP contribution in [0.15, 0.2) is 34.5 Å². The standard InChI is InChI=1S/C29H37N5O4/c1-18-27(19(2)38-31-18)20-5-10-25-24(17-20)30-28(33(25)21-6-8-23(36-4)9-7-21)26-13-16-37-29(35)34(26)22-11-14-32(3)15-12-22/h5,10-11,17,21,23,26H,6-9,12-16H2,1-4H3/t21?,23?,26-/m0/s1/i4D3. The van der Waals surface area contributed by atoms with Gasteiger partial charge in [0.1, 0.15) is 17.6 Å². The lowest BCUT2D eigenvalue weighted by molar-refractivity contribution is 0.0476. The molecule has 1 aromatic carbocycles. The number of rotatable bonds is 5. The third kappa shape index (κ3) is 4.41. The Labute approximate surface area is 227 Å². The van der Waals surface area contributed by atoms with Crippen LogP contribution in [0.1, 0.15) is 72.0 Å². The quantitative estimate of drug-likeness (QED) is 0.435. The summed E-state index contributed by atoms with van der Waals surface area (Å²) in [6, 6.07) is 6.08. The summed E-state index contributed by atoms with van der Waals surface area (Å²) >= 11 is 0. The van der Waals surface area contributed by atoms with Crippen LogP contribution < -0.4 is 0 Å². The van der Waals surface area contributed by atoms with Gasteiger partial charge in [0.2, 0.25) is 0 Å². The van der Waals surface area contributed by atoms with Crippen molar-refractivity contribution in [1.82, 2.24) is 24.5 Å². The summed E-state index contributed by atoms with van der Waals surface area (Å²) in [5.74, 6) is 1.59. The van der Waals surface area contributed by atoms with E-state index in [1.165, 1.54) is 0 Å². The van der Waals surface area contributed by atoms with Crippen molar-refractivity contribution in [3.63, 3.8) is 0 Å². The molecule has 3 aliphatic rings. The molecule has 1 saturated carbocycles. The largest absolute Gasteiger partial charge is 0.449 e. The first-order chi connectivity index (χ1) is 19.6. The average molecular weight is 523 g/mol. The molecule has 2 aliphatic heterocycles. The number of fused-ring (bicyclic) bond motifs is 1. The number of aryl methyl sites for hydroxylation is 2. The molecule has 9 heteroatoms. The molecule has 0 unspecified atom stereocenters. The van der Waals surface area contributed by atoms with E-state index in [0.717, 1.165) is 77.5 Å². The Morgan fingerprint density at radius 3 is 2.71 bits per heavy atom. The highest BCUT2D eigenvalue weighted by Crippen LogP contribution is 2.41. The van der Waals surface area contributed by atoms with Gasteiger partial charge in [0.15, 0.2) is 0 Å². The Kier molecular flexibility index (Phi) is 5.82. The summed E-state index contributed by atoms with van der Waals surface area (Å²) in [6.07, 6.45) is 5.69. The molecule has 0 bridgehead atoms. The number of methoxy groups -OCH3 is 1. The highest BCUT2D eigenvalue weighted by atomic mass is 16.6. The second kappa shape index (κ2) is 10.2. The number of carbonyl (C=O) groups excluding carboxylic acids is 1. The van der Waals surface area contributed by atoms with E-state index in [0.29, 0.717) is 25.9 Å². The van der Waals surface area contributed by atoms with Crippen LogP contribution in [-0.4, -0.2) is 70.5 Å². The van der Waals surface area contributed by atoms with E-state index in [4.69, 9.17) is 23.1 Å². The second-order valence-corrected chi connectivity index (χ2v) is 10.8. The Morgan fingerprint density at radius 2 is 2.00 bits per heavy atom. The van der Waals surface area contributed by atoms with E-state index in [2.05, 4.69) is 45.9 Å². The molecule has 0 radical (unpaired) electrons. The molecule has 6 rings (SSSR count). The molecule has 4 heterocycles. The molecular formula is C29H37N5O4. The van der Waals surface area contributed by atoms with Crippen LogP contribution in [-0.2, 0) is 9.47 Å². The first-order valence-electron chi connectivity index (χ1n) is 15.1. The fourth-order valence-electron chi connectivity index (χ4n) is 6.33. The number of likely N-dealkylation sites (N-methyl/N-ethyl adjacent to an activating group) is 1. The van der Waals surface area contributed by atoms with Crippen LogP contribution in [0.3, 0.4) is 0 Å². The molecule has 9 nitrogen and oxygen atoms in total. The van der Waals surface area contributed by atoms with Gasteiger partial charge in [-0.3, -0.25) is 4.90 Å². The number of carbonyl (C=O) groups is 1. The zero-order chi connectivity index (χ0) is 28.9. The van der Waals surface area contributed by atoms with E-state index in [1.54, 1.807) is 0 Å². The fraction of sp³-hybridized carbons (Fsp3) is 0.552. The maximum absolute atomic E-state index is 13.2. The zero-order valence-corrected chi connectivity index (χ0v) is 22.3. The Morgan fingerprint density at radius 1 is 1.16 bits per heavy atom. The van der Waals surface area contributed by atoms with Crippen LogP contribution >= 0.6 is 0 Å². The summed E-state index contributed by atoms with van der Waals surface area (Å²) in [4.78, 5) is 22.5. The Hall–Kier alpha value is -3.17. The van der Waals surface area contributed by atoms with E-state index in [-0.39, 0.29) is 24.3 Å². The van der Waals surface area contributed by atoms with E-state index < -0.39 is 7.04 Å². The third-order valence-corrected chi connectivity index (χ3v) is 8.34. The number of imidazole rings is 1. The Balaban J connectivity index is 1.43. The van der Waals surface area contributed by atoms with E-state index in [9.17, 15) is 4.79 Å². The first kappa shape index (κ1) is 21.7. The number of benzene rings is 1.